The number of hydrogen-bond acceptors (Lipinski definition) is 2. The van der Waals surface area contributed by atoms with E-state index in [0.29, 0.717) is 18.1 Å². The van der Waals surface area contributed by atoms with Gasteiger partial charge < -0.3 is 14.2 Å². The number of fused-ring (bicyclic) bond motifs is 2. The van der Waals surface area contributed by atoms with E-state index in [9.17, 15) is 4.79 Å². The predicted molar refractivity (Wildman–Crippen MR) is 85.9 cm³/mol. The number of nitrogens with zero attached hydrogens (tertiary/aromatic N) is 2. The number of piperidine rings is 1. The van der Waals surface area contributed by atoms with Crippen LogP contribution in [0.15, 0.2) is 30.5 Å². The van der Waals surface area contributed by atoms with Crippen molar-refractivity contribution in [3.8, 4) is 0 Å². The van der Waals surface area contributed by atoms with Crippen LogP contribution in [0.2, 0.25) is 0 Å². The van der Waals surface area contributed by atoms with Gasteiger partial charge in [0.2, 0.25) is 0 Å². The molecule has 3 heterocycles. The monoisotopic (exact) mass is 298 g/mol. The van der Waals surface area contributed by atoms with Gasteiger partial charge in [0.05, 0.1) is 17.8 Å². The lowest BCUT2D eigenvalue weighted by Crippen LogP contribution is -2.44. The fourth-order valence-corrected chi connectivity index (χ4v) is 4.06. The topological polar surface area (TPSA) is 34.5 Å². The van der Waals surface area contributed by atoms with Gasteiger partial charge in [-0.25, -0.2) is 0 Å². The molecule has 0 radical (unpaired) electrons. The number of aryl methyl sites for hydroxylation is 1. The van der Waals surface area contributed by atoms with Crippen molar-refractivity contribution < 1.29 is 9.53 Å². The van der Waals surface area contributed by atoms with Gasteiger partial charge in [-0.1, -0.05) is 18.2 Å². The number of aromatic nitrogens is 1. The summed E-state index contributed by atoms with van der Waals surface area (Å²) in [6.07, 6.45) is 4.69. The summed E-state index contributed by atoms with van der Waals surface area (Å²) in [7, 11) is 2.00. The molecule has 0 N–H and O–H groups in total. The zero-order chi connectivity index (χ0) is 15.3. The third-order valence-corrected chi connectivity index (χ3v) is 5.12. The standard InChI is InChI=1S/C18H22N2O2/c1-12-9-13-10-20(8-7-17(13)22-12)18(21)15-11-19(2)16-6-4-3-5-14(15)16/h3-6,11-13,17H,7-10H2,1-2H3/t12-,13-,17-/m0/s1. The largest absolute Gasteiger partial charge is 0.375 e. The highest BCUT2D eigenvalue weighted by molar-refractivity contribution is 6.07. The Kier molecular flexibility index (Phi) is 3.22. The third-order valence-electron chi connectivity index (χ3n) is 5.12. The van der Waals surface area contributed by atoms with E-state index in [2.05, 4.69) is 13.0 Å². The Balaban J connectivity index is 1.61. The molecule has 1 amide bonds. The Morgan fingerprint density at radius 1 is 1.32 bits per heavy atom. The number of amides is 1. The molecule has 4 heteroatoms. The summed E-state index contributed by atoms with van der Waals surface area (Å²) in [4.78, 5) is 15.0. The third kappa shape index (κ3) is 2.13. The molecule has 1 aromatic heterocycles. The van der Waals surface area contributed by atoms with Crippen molar-refractivity contribution in [1.29, 1.82) is 0 Å². The van der Waals surface area contributed by atoms with Gasteiger partial charge in [-0.3, -0.25) is 4.79 Å². The minimum atomic E-state index is 0.162. The molecular weight excluding hydrogens is 276 g/mol. The van der Waals surface area contributed by atoms with E-state index in [1.807, 2.05) is 40.9 Å². The molecule has 3 atom stereocenters. The van der Waals surface area contributed by atoms with Gasteiger partial charge in [0, 0.05) is 43.2 Å². The summed E-state index contributed by atoms with van der Waals surface area (Å²) < 4.78 is 7.97. The van der Waals surface area contributed by atoms with Gasteiger partial charge in [-0.15, -0.1) is 0 Å². The first kappa shape index (κ1) is 13.8. The molecule has 2 aliphatic heterocycles. The maximum Gasteiger partial charge on any atom is 0.256 e. The molecule has 116 valence electrons. The lowest BCUT2D eigenvalue weighted by molar-refractivity contribution is 0.00870. The van der Waals surface area contributed by atoms with Crippen molar-refractivity contribution in [3.05, 3.63) is 36.0 Å². The molecule has 1 aromatic carbocycles. The first-order chi connectivity index (χ1) is 10.6. The highest BCUT2D eigenvalue weighted by Gasteiger charge is 2.39. The molecule has 22 heavy (non-hydrogen) atoms. The predicted octanol–water partition coefficient (Wildman–Crippen LogP) is 2.82. The molecule has 2 aliphatic rings. The minimum absolute atomic E-state index is 0.162. The van der Waals surface area contributed by atoms with Crippen molar-refractivity contribution in [3.63, 3.8) is 0 Å². The SMILES string of the molecule is C[C@H]1C[C@H]2CN(C(=O)c3cn(C)c4ccccc34)CC[C@@H]2O1. The number of carbonyl (C=O) groups is 1. The van der Waals surface area contributed by atoms with E-state index in [-0.39, 0.29) is 5.91 Å². The summed E-state index contributed by atoms with van der Waals surface area (Å²) in [6.45, 7) is 3.77. The van der Waals surface area contributed by atoms with Gasteiger partial charge >= 0.3 is 0 Å². The van der Waals surface area contributed by atoms with Crippen LogP contribution in [0.4, 0.5) is 0 Å². The van der Waals surface area contributed by atoms with Crippen LogP contribution in [0.1, 0.15) is 30.1 Å². The fourth-order valence-electron chi connectivity index (χ4n) is 4.06. The van der Waals surface area contributed by atoms with Crippen molar-refractivity contribution >= 4 is 16.8 Å². The summed E-state index contributed by atoms with van der Waals surface area (Å²) in [5.41, 5.74) is 1.93. The van der Waals surface area contributed by atoms with Crippen LogP contribution in [0, 0.1) is 5.92 Å². The van der Waals surface area contributed by atoms with Crippen LogP contribution in [0.3, 0.4) is 0 Å². The van der Waals surface area contributed by atoms with Crippen molar-refractivity contribution in [1.82, 2.24) is 9.47 Å². The van der Waals surface area contributed by atoms with E-state index in [4.69, 9.17) is 4.74 Å². The molecule has 2 aromatic rings. The van der Waals surface area contributed by atoms with Gasteiger partial charge in [0.15, 0.2) is 0 Å². The second kappa shape index (κ2) is 5.13. The highest BCUT2D eigenvalue weighted by Crippen LogP contribution is 2.33. The smallest absolute Gasteiger partial charge is 0.256 e. The van der Waals surface area contributed by atoms with E-state index in [1.165, 1.54) is 0 Å². The van der Waals surface area contributed by atoms with E-state index < -0.39 is 0 Å². The van der Waals surface area contributed by atoms with E-state index >= 15 is 0 Å². The Hall–Kier alpha value is -1.81. The Morgan fingerprint density at radius 2 is 2.14 bits per heavy atom. The van der Waals surface area contributed by atoms with Gasteiger partial charge in [0.25, 0.3) is 5.91 Å². The van der Waals surface area contributed by atoms with Crippen molar-refractivity contribution in [2.75, 3.05) is 13.1 Å². The lowest BCUT2D eigenvalue weighted by atomic mass is 9.92. The number of para-hydroxylation sites is 1. The van der Waals surface area contributed by atoms with Gasteiger partial charge in [-0.2, -0.15) is 0 Å². The van der Waals surface area contributed by atoms with Crippen molar-refractivity contribution in [2.24, 2.45) is 13.0 Å². The number of ether oxygens (including phenoxy) is 1. The second-order valence-corrected chi connectivity index (χ2v) is 6.69. The molecule has 2 fully saturated rings. The van der Waals surface area contributed by atoms with Crippen LogP contribution in [-0.2, 0) is 11.8 Å². The highest BCUT2D eigenvalue weighted by atomic mass is 16.5. The molecule has 0 aliphatic carbocycles. The van der Waals surface area contributed by atoms with Gasteiger partial charge in [0.1, 0.15) is 0 Å². The normalized spacial score (nSPS) is 28.1. The number of benzene rings is 1. The summed E-state index contributed by atoms with van der Waals surface area (Å²) in [5.74, 6) is 0.664. The molecule has 0 unspecified atom stereocenters. The van der Waals surface area contributed by atoms with Gasteiger partial charge in [-0.05, 0) is 25.8 Å². The molecule has 4 nitrogen and oxygen atoms in total. The molecule has 0 saturated carbocycles. The number of likely N-dealkylation sites (tertiary alicyclic amines) is 1. The van der Waals surface area contributed by atoms with Crippen LogP contribution in [-0.4, -0.2) is 40.7 Å². The molecule has 4 rings (SSSR count). The fraction of sp³-hybridized carbons (Fsp3) is 0.500. The first-order valence-corrected chi connectivity index (χ1v) is 8.12. The average molecular weight is 298 g/mol. The Labute approximate surface area is 130 Å². The summed E-state index contributed by atoms with van der Waals surface area (Å²) in [6, 6.07) is 8.11. The summed E-state index contributed by atoms with van der Waals surface area (Å²) in [5, 5.41) is 1.05. The molecule has 2 saturated heterocycles. The first-order valence-electron chi connectivity index (χ1n) is 8.12. The minimum Gasteiger partial charge on any atom is -0.375 e. The zero-order valence-electron chi connectivity index (χ0n) is 13.2. The van der Waals surface area contributed by atoms with Crippen LogP contribution < -0.4 is 0 Å². The Morgan fingerprint density at radius 3 is 3.00 bits per heavy atom. The average Bonchev–Trinajstić information content (AvgIpc) is 3.06. The maximum absolute atomic E-state index is 13.0. The second-order valence-electron chi connectivity index (χ2n) is 6.69. The molecule has 0 spiro atoms. The maximum atomic E-state index is 13.0. The zero-order valence-corrected chi connectivity index (χ0v) is 13.2. The quantitative estimate of drug-likeness (QED) is 0.811. The lowest BCUT2D eigenvalue weighted by Gasteiger charge is -2.34. The Bertz CT molecular complexity index is 721. The van der Waals surface area contributed by atoms with Crippen molar-refractivity contribution in [2.45, 2.75) is 32.0 Å². The number of hydrogen-bond donors (Lipinski definition) is 0. The number of carbonyl (C=O) groups excluding carboxylic acids is 1. The molecule has 0 bridgehead atoms. The summed E-state index contributed by atoms with van der Waals surface area (Å²) >= 11 is 0. The van der Waals surface area contributed by atoms with E-state index in [0.717, 1.165) is 42.4 Å². The van der Waals surface area contributed by atoms with Crippen LogP contribution >= 0.6 is 0 Å². The number of rotatable bonds is 1. The van der Waals surface area contributed by atoms with E-state index in [1.54, 1.807) is 0 Å². The van der Waals surface area contributed by atoms with Crippen LogP contribution in [0.5, 0.6) is 0 Å². The van der Waals surface area contributed by atoms with Crippen LogP contribution in [0.25, 0.3) is 10.9 Å². The molecular formula is C18H22N2O2.